The van der Waals surface area contributed by atoms with Crippen molar-refractivity contribution in [2.45, 2.75) is 48.0 Å². The van der Waals surface area contributed by atoms with E-state index in [0.29, 0.717) is 18.1 Å². The van der Waals surface area contributed by atoms with Crippen LogP contribution >= 0.6 is 0 Å². The number of benzene rings is 1. The third-order valence-corrected chi connectivity index (χ3v) is 3.60. The zero-order chi connectivity index (χ0) is 17.5. The van der Waals surface area contributed by atoms with E-state index in [1.165, 1.54) is 0 Å². The van der Waals surface area contributed by atoms with Crippen LogP contribution in [0.5, 0.6) is 0 Å². The van der Waals surface area contributed by atoms with Gasteiger partial charge < -0.3 is 4.74 Å². The minimum absolute atomic E-state index is 0.237. The van der Waals surface area contributed by atoms with Gasteiger partial charge in [0.2, 0.25) is 0 Å². The lowest BCUT2D eigenvalue weighted by molar-refractivity contribution is -0.138. The first-order chi connectivity index (χ1) is 10.7. The molecule has 0 spiro atoms. The summed E-state index contributed by atoms with van der Waals surface area (Å²) in [5, 5.41) is 0. The van der Waals surface area contributed by atoms with Crippen LogP contribution in [0.3, 0.4) is 0 Å². The van der Waals surface area contributed by atoms with E-state index in [1.54, 1.807) is 0 Å². The maximum Gasteiger partial charge on any atom is 0.333 e. The molecule has 1 aromatic rings. The van der Waals surface area contributed by atoms with E-state index in [0.717, 1.165) is 17.6 Å². The average Bonchev–Trinajstić information content (AvgIpc) is 2.46. The van der Waals surface area contributed by atoms with Crippen molar-refractivity contribution in [2.75, 3.05) is 6.61 Å². The summed E-state index contributed by atoms with van der Waals surface area (Å²) in [7, 11) is 0. The molecule has 0 aliphatic rings. The van der Waals surface area contributed by atoms with Gasteiger partial charge in [-0.25, -0.2) is 4.79 Å². The Labute approximate surface area is 141 Å². The summed E-state index contributed by atoms with van der Waals surface area (Å²) in [5.74, 6) is 0.119. The van der Waals surface area contributed by atoms with Gasteiger partial charge in [0.25, 0.3) is 0 Å². The first-order valence-electron chi connectivity index (χ1n) is 8.35. The highest BCUT2D eigenvalue weighted by atomic mass is 16.5. The number of ether oxygens (including phenoxy) is 1. The second kappa shape index (κ2) is 8.71. The van der Waals surface area contributed by atoms with Crippen molar-refractivity contribution in [2.24, 2.45) is 11.3 Å². The van der Waals surface area contributed by atoms with Gasteiger partial charge in [-0.15, -0.1) is 0 Å². The van der Waals surface area contributed by atoms with Crippen LogP contribution in [0.4, 0.5) is 0 Å². The molecule has 0 saturated carbocycles. The van der Waals surface area contributed by atoms with E-state index in [-0.39, 0.29) is 11.4 Å². The summed E-state index contributed by atoms with van der Waals surface area (Å²) < 4.78 is 5.10. The van der Waals surface area contributed by atoms with Gasteiger partial charge in [-0.2, -0.15) is 0 Å². The Kier molecular flexibility index (Phi) is 7.28. The molecule has 0 fully saturated rings. The molecule has 0 amide bonds. The Hall–Kier alpha value is -1.83. The van der Waals surface area contributed by atoms with Crippen molar-refractivity contribution in [1.29, 1.82) is 0 Å². The second-order valence-corrected chi connectivity index (χ2v) is 7.27. The summed E-state index contributed by atoms with van der Waals surface area (Å²) >= 11 is 0. The van der Waals surface area contributed by atoms with Crippen LogP contribution in [0.1, 0.15) is 53.5 Å². The van der Waals surface area contributed by atoms with E-state index in [9.17, 15) is 4.79 Å². The van der Waals surface area contributed by atoms with Crippen molar-refractivity contribution >= 4 is 12.0 Å². The summed E-state index contributed by atoms with van der Waals surface area (Å²) in [6.45, 7) is 13.0. The predicted octanol–water partition coefficient (Wildman–Crippen LogP) is 5.65. The zero-order valence-corrected chi connectivity index (χ0v) is 15.3. The van der Waals surface area contributed by atoms with E-state index in [4.69, 9.17) is 4.74 Å². The number of rotatable bonds is 6. The Morgan fingerprint density at radius 2 is 1.83 bits per heavy atom. The van der Waals surface area contributed by atoms with Crippen molar-refractivity contribution in [1.82, 2.24) is 0 Å². The molecule has 0 heterocycles. The van der Waals surface area contributed by atoms with Crippen LogP contribution in [-0.2, 0) is 9.53 Å². The minimum atomic E-state index is -0.241. The van der Waals surface area contributed by atoms with E-state index < -0.39 is 0 Å². The highest BCUT2D eigenvalue weighted by Gasteiger charge is 2.18. The van der Waals surface area contributed by atoms with Gasteiger partial charge in [-0.1, -0.05) is 64.1 Å². The molecule has 1 atom stereocenters. The molecule has 23 heavy (non-hydrogen) atoms. The van der Waals surface area contributed by atoms with Gasteiger partial charge in [0.15, 0.2) is 0 Å². The summed E-state index contributed by atoms with van der Waals surface area (Å²) in [5.41, 5.74) is 3.20. The monoisotopic (exact) mass is 314 g/mol. The lowest BCUT2D eigenvalue weighted by Gasteiger charge is -2.24. The fourth-order valence-corrected chi connectivity index (χ4v) is 2.66. The van der Waals surface area contributed by atoms with Crippen molar-refractivity contribution in [3.63, 3.8) is 0 Å². The lowest BCUT2D eigenvalue weighted by Crippen LogP contribution is -2.13. The van der Waals surface area contributed by atoms with Crippen LogP contribution in [-0.4, -0.2) is 12.6 Å². The molecule has 1 rings (SSSR count). The highest BCUT2D eigenvalue weighted by Crippen LogP contribution is 2.30. The molecule has 1 unspecified atom stereocenters. The Morgan fingerprint density at radius 1 is 1.22 bits per heavy atom. The van der Waals surface area contributed by atoms with Crippen LogP contribution in [0.15, 0.2) is 47.6 Å². The number of allylic oxidation sites excluding steroid dienone is 2. The Balaban J connectivity index is 3.13. The molecule has 0 saturated heterocycles. The number of carbonyl (C=O) groups excluding carboxylic acids is 1. The fraction of sp³-hybridized carbons (Fsp3) is 0.476. The van der Waals surface area contributed by atoms with Crippen molar-refractivity contribution in [3.05, 3.63) is 53.1 Å². The average molecular weight is 314 g/mol. The predicted molar refractivity (Wildman–Crippen MR) is 98.0 cm³/mol. The standard InChI is InChI=1S/C21H30O2/c1-7-23-20(22)16(2)13-19(17(3)15-21(4,5)6)14-18-11-9-8-10-12-18/h8-14,17H,7,15H2,1-6H3. The molecule has 0 aliphatic heterocycles. The van der Waals surface area contributed by atoms with Crippen molar-refractivity contribution < 1.29 is 9.53 Å². The molecular formula is C21H30O2. The quantitative estimate of drug-likeness (QED) is 0.385. The first-order valence-corrected chi connectivity index (χ1v) is 8.35. The largest absolute Gasteiger partial charge is 0.463 e. The maximum atomic E-state index is 11.9. The van der Waals surface area contributed by atoms with Crippen LogP contribution in [0.2, 0.25) is 0 Å². The SMILES string of the molecule is CCOC(=O)C(C)=CC(=Cc1ccccc1)C(C)CC(C)(C)C. The van der Waals surface area contributed by atoms with E-state index in [1.807, 2.05) is 38.1 Å². The van der Waals surface area contributed by atoms with Crippen LogP contribution in [0, 0.1) is 11.3 Å². The normalized spacial score (nSPS) is 14.5. The number of hydrogen-bond acceptors (Lipinski definition) is 2. The van der Waals surface area contributed by atoms with Gasteiger partial charge in [0, 0.05) is 5.57 Å². The molecule has 0 bridgehead atoms. The van der Waals surface area contributed by atoms with Gasteiger partial charge in [0.1, 0.15) is 0 Å². The summed E-state index contributed by atoms with van der Waals surface area (Å²) in [6.07, 6.45) is 5.19. The fourth-order valence-electron chi connectivity index (χ4n) is 2.66. The molecule has 0 aromatic heterocycles. The van der Waals surface area contributed by atoms with Gasteiger partial charge >= 0.3 is 5.97 Å². The van der Waals surface area contributed by atoms with Gasteiger partial charge in [0.05, 0.1) is 6.61 Å². The van der Waals surface area contributed by atoms with Crippen LogP contribution < -0.4 is 0 Å². The smallest absolute Gasteiger partial charge is 0.333 e. The Morgan fingerprint density at radius 3 is 2.35 bits per heavy atom. The Bertz CT molecular complexity index is 559. The topological polar surface area (TPSA) is 26.3 Å². The third-order valence-electron chi connectivity index (χ3n) is 3.60. The first kappa shape index (κ1) is 19.2. The molecule has 0 aliphatic carbocycles. The van der Waals surface area contributed by atoms with E-state index >= 15 is 0 Å². The lowest BCUT2D eigenvalue weighted by atomic mass is 9.81. The molecule has 2 heteroatoms. The van der Waals surface area contributed by atoms with Crippen LogP contribution in [0.25, 0.3) is 6.08 Å². The molecule has 0 N–H and O–H groups in total. The second-order valence-electron chi connectivity index (χ2n) is 7.27. The number of hydrogen-bond donors (Lipinski definition) is 0. The molecular weight excluding hydrogens is 284 g/mol. The molecule has 1 aromatic carbocycles. The number of esters is 1. The molecule has 0 radical (unpaired) electrons. The highest BCUT2D eigenvalue weighted by molar-refractivity contribution is 5.88. The van der Waals surface area contributed by atoms with Gasteiger partial charge in [-0.05, 0) is 48.8 Å². The van der Waals surface area contributed by atoms with E-state index in [2.05, 4.69) is 45.9 Å². The zero-order valence-electron chi connectivity index (χ0n) is 15.3. The van der Waals surface area contributed by atoms with Gasteiger partial charge in [-0.3, -0.25) is 0 Å². The maximum absolute atomic E-state index is 11.9. The summed E-state index contributed by atoms with van der Waals surface area (Å²) in [6, 6.07) is 10.2. The molecule has 2 nitrogen and oxygen atoms in total. The number of carbonyl (C=O) groups is 1. The third kappa shape index (κ3) is 7.32. The molecule has 126 valence electrons. The van der Waals surface area contributed by atoms with Crippen molar-refractivity contribution in [3.8, 4) is 0 Å². The minimum Gasteiger partial charge on any atom is -0.463 e. The summed E-state index contributed by atoms with van der Waals surface area (Å²) in [4.78, 5) is 11.9.